The summed E-state index contributed by atoms with van der Waals surface area (Å²) < 4.78 is 5.37. The summed E-state index contributed by atoms with van der Waals surface area (Å²) in [5.74, 6) is 2.15. The molecule has 0 saturated carbocycles. The predicted octanol–water partition coefficient (Wildman–Crippen LogP) is 2.74. The first-order valence-electron chi connectivity index (χ1n) is 5.65. The van der Waals surface area contributed by atoms with Gasteiger partial charge in [0.1, 0.15) is 17.1 Å². The lowest BCUT2D eigenvalue weighted by molar-refractivity contribution is 0.419. The molecule has 0 bridgehead atoms. The fraction of sp³-hybridized carbons (Fsp3) is 0.385. The molecule has 0 unspecified atom stereocenters. The molecular weight excluding hydrogens is 214 g/mol. The van der Waals surface area contributed by atoms with Crippen LogP contribution in [0.3, 0.4) is 0 Å². The quantitative estimate of drug-likeness (QED) is 0.826. The molecule has 4 heteroatoms. The number of H-pyrrole nitrogens is 1. The van der Waals surface area contributed by atoms with Crippen molar-refractivity contribution in [3.05, 3.63) is 23.5 Å². The second-order valence-electron chi connectivity index (χ2n) is 4.28. The molecule has 1 N–H and O–H groups in total. The van der Waals surface area contributed by atoms with Gasteiger partial charge >= 0.3 is 0 Å². The van der Waals surface area contributed by atoms with Crippen LogP contribution in [0.5, 0.6) is 5.75 Å². The van der Waals surface area contributed by atoms with E-state index in [9.17, 15) is 0 Å². The van der Waals surface area contributed by atoms with Crippen LogP contribution < -0.4 is 4.74 Å². The Morgan fingerprint density at radius 1 is 1.41 bits per heavy atom. The van der Waals surface area contributed by atoms with Gasteiger partial charge in [0.05, 0.1) is 12.6 Å². The van der Waals surface area contributed by atoms with Gasteiger partial charge < -0.3 is 9.72 Å². The maximum Gasteiger partial charge on any atom is 0.145 e. The molecule has 0 aliphatic carbocycles. The number of benzene rings is 1. The minimum Gasteiger partial charge on any atom is -0.494 e. The maximum atomic E-state index is 5.37. The molecule has 0 atom stereocenters. The number of aliphatic imine (C=N–C) groups is 1. The summed E-state index contributed by atoms with van der Waals surface area (Å²) in [5, 5.41) is 0. The van der Waals surface area contributed by atoms with E-state index >= 15 is 0 Å². The lowest BCUT2D eigenvalue weighted by Crippen LogP contribution is -1.89. The molecule has 0 aliphatic heterocycles. The van der Waals surface area contributed by atoms with Gasteiger partial charge in [0.25, 0.3) is 0 Å². The number of fused-ring (bicyclic) bond motifs is 1. The van der Waals surface area contributed by atoms with Crippen molar-refractivity contribution in [3.63, 3.8) is 0 Å². The lowest BCUT2D eigenvalue weighted by Gasteiger charge is -2.02. The lowest BCUT2D eigenvalue weighted by atomic mass is 10.2. The first-order chi connectivity index (χ1) is 8.15. The van der Waals surface area contributed by atoms with Crippen molar-refractivity contribution in [1.82, 2.24) is 9.97 Å². The third-order valence-electron chi connectivity index (χ3n) is 2.64. The average molecular weight is 231 g/mol. The van der Waals surface area contributed by atoms with Crippen LogP contribution in [0, 0.1) is 0 Å². The van der Waals surface area contributed by atoms with Crippen LogP contribution >= 0.6 is 0 Å². The molecule has 90 valence electrons. The van der Waals surface area contributed by atoms with Crippen molar-refractivity contribution < 1.29 is 4.74 Å². The van der Waals surface area contributed by atoms with E-state index in [-0.39, 0.29) is 0 Å². The number of aromatic amines is 1. The van der Waals surface area contributed by atoms with Gasteiger partial charge in [-0.05, 0) is 17.7 Å². The number of hydrogen-bond acceptors (Lipinski definition) is 3. The minimum absolute atomic E-state index is 0.371. The van der Waals surface area contributed by atoms with Gasteiger partial charge in [0.15, 0.2) is 0 Å². The molecule has 0 aliphatic rings. The Kier molecular flexibility index (Phi) is 3.13. The molecular formula is C13H17N3O. The molecule has 1 aromatic heterocycles. The van der Waals surface area contributed by atoms with Crippen LogP contribution in [0.2, 0.25) is 0 Å². The highest BCUT2D eigenvalue weighted by Gasteiger charge is 2.11. The Morgan fingerprint density at radius 3 is 2.76 bits per heavy atom. The zero-order chi connectivity index (χ0) is 12.4. The fourth-order valence-electron chi connectivity index (χ4n) is 1.78. The van der Waals surface area contributed by atoms with Gasteiger partial charge in [-0.1, -0.05) is 13.8 Å². The Morgan fingerprint density at radius 2 is 2.18 bits per heavy atom. The first kappa shape index (κ1) is 11.6. The van der Waals surface area contributed by atoms with Crippen LogP contribution in [0.15, 0.2) is 17.1 Å². The Balaban J connectivity index is 2.65. The van der Waals surface area contributed by atoms with Crippen LogP contribution in [0.1, 0.15) is 31.2 Å². The highest BCUT2D eigenvalue weighted by molar-refractivity contribution is 5.91. The van der Waals surface area contributed by atoms with Gasteiger partial charge in [-0.3, -0.25) is 4.99 Å². The summed E-state index contributed by atoms with van der Waals surface area (Å²) in [6, 6.07) is 3.96. The number of ether oxygens (including phenoxy) is 1. The number of rotatable bonds is 3. The molecule has 2 rings (SSSR count). The van der Waals surface area contributed by atoms with E-state index in [1.54, 1.807) is 20.4 Å². The standard InChI is InChI=1S/C13H17N3O/c1-8(2)13-15-10-5-9(7-14-3)6-11(17-4)12(10)16-13/h5-8H,1-4H3,(H,15,16)/b14-7+. The topological polar surface area (TPSA) is 50.3 Å². The first-order valence-corrected chi connectivity index (χ1v) is 5.65. The monoisotopic (exact) mass is 231 g/mol. The van der Waals surface area contributed by atoms with E-state index in [0.29, 0.717) is 5.92 Å². The number of aromatic nitrogens is 2. The summed E-state index contributed by atoms with van der Waals surface area (Å²) in [6.07, 6.45) is 1.80. The second kappa shape index (κ2) is 4.57. The molecule has 1 heterocycles. The van der Waals surface area contributed by atoms with Gasteiger partial charge in [0, 0.05) is 19.2 Å². The van der Waals surface area contributed by atoms with Gasteiger partial charge in [-0.15, -0.1) is 0 Å². The third-order valence-corrected chi connectivity index (χ3v) is 2.64. The number of nitrogens with zero attached hydrogens (tertiary/aromatic N) is 2. The number of methoxy groups -OCH3 is 1. The highest BCUT2D eigenvalue weighted by atomic mass is 16.5. The van der Waals surface area contributed by atoms with E-state index < -0.39 is 0 Å². The summed E-state index contributed by atoms with van der Waals surface area (Å²) in [5.41, 5.74) is 2.87. The number of imidazole rings is 1. The Bertz CT molecular complexity index is 555. The summed E-state index contributed by atoms with van der Waals surface area (Å²) in [4.78, 5) is 11.9. The van der Waals surface area contributed by atoms with E-state index in [1.165, 1.54) is 0 Å². The molecule has 17 heavy (non-hydrogen) atoms. The SMILES string of the molecule is C/N=C/c1cc(OC)c2[nH]c(C(C)C)nc2c1. The molecule has 2 aromatic rings. The van der Waals surface area contributed by atoms with Gasteiger partial charge in [-0.2, -0.15) is 0 Å². The molecule has 0 saturated heterocycles. The van der Waals surface area contributed by atoms with Crippen molar-refractivity contribution in [2.24, 2.45) is 4.99 Å². The Hall–Kier alpha value is -1.84. The average Bonchev–Trinajstić information content (AvgIpc) is 2.72. The maximum absolute atomic E-state index is 5.37. The molecule has 4 nitrogen and oxygen atoms in total. The van der Waals surface area contributed by atoms with Crippen LogP contribution in [0.25, 0.3) is 11.0 Å². The van der Waals surface area contributed by atoms with Crippen LogP contribution in [-0.2, 0) is 0 Å². The summed E-state index contributed by atoms with van der Waals surface area (Å²) >= 11 is 0. The van der Waals surface area contributed by atoms with E-state index in [4.69, 9.17) is 4.74 Å². The summed E-state index contributed by atoms with van der Waals surface area (Å²) in [6.45, 7) is 4.22. The zero-order valence-corrected chi connectivity index (χ0v) is 10.6. The van der Waals surface area contributed by atoms with Gasteiger partial charge in [0.2, 0.25) is 0 Å². The fourth-order valence-corrected chi connectivity index (χ4v) is 1.78. The van der Waals surface area contributed by atoms with Gasteiger partial charge in [-0.25, -0.2) is 4.98 Å². The molecule has 0 spiro atoms. The molecule has 0 radical (unpaired) electrons. The predicted molar refractivity (Wildman–Crippen MR) is 70.3 cm³/mol. The molecule has 0 fully saturated rings. The van der Waals surface area contributed by atoms with Crippen LogP contribution in [-0.4, -0.2) is 30.3 Å². The largest absolute Gasteiger partial charge is 0.494 e. The van der Waals surface area contributed by atoms with Crippen LogP contribution in [0.4, 0.5) is 0 Å². The molecule has 0 amide bonds. The van der Waals surface area contributed by atoms with E-state index in [1.807, 2.05) is 12.1 Å². The Labute approximate surface area is 101 Å². The summed E-state index contributed by atoms with van der Waals surface area (Å²) in [7, 11) is 3.41. The van der Waals surface area contributed by atoms with Crippen molar-refractivity contribution in [1.29, 1.82) is 0 Å². The normalized spacial score (nSPS) is 11.8. The minimum atomic E-state index is 0.371. The van der Waals surface area contributed by atoms with Crippen molar-refractivity contribution in [2.75, 3.05) is 14.2 Å². The van der Waals surface area contributed by atoms with Crippen molar-refractivity contribution in [3.8, 4) is 5.75 Å². The van der Waals surface area contributed by atoms with Crippen molar-refractivity contribution >= 4 is 17.2 Å². The molecule has 1 aromatic carbocycles. The van der Waals surface area contributed by atoms with E-state index in [0.717, 1.165) is 28.2 Å². The second-order valence-corrected chi connectivity index (χ2v) is 4.28. The van der Waals surface area contributed by atoms with Crippen molar-refractivity contribution in [2.45, 2.75) is 19.8 Å². The number of nitrogens with one attached hydrogen (secondary N) is 1. The zero-order valence-electron chi connectivity index (χ0n) is 10.6. The highest BCUT2D eigenvalue weighted by Crippen LogP contribution is 2.27. The smallest absolute Gasteiger partial charge is 0.145 e. The van der Waals surface area contributed by atoms with E-state index in [2.05, 4.69) is 28.8 Å². The number of hydrogen-bond donors (Lipinski definition) is 1. The third kappa shape index (κ3) is 2.16.